The molecule has 3 heterocycles. The minimum absolute atomic E-state index is 0. The smallest absolute Gasteiger partial charge is 1.00 e. The maximum Gasteiger partial charge on any atom is 1.00 e. The van der Waals surface area contributed by atoms with Crippen molar-refractivity contribution in [2.75, 3.05) is 0 Å². The summed E-state index contributed by atoms with van der Waals surface area (Å²) in [6.45, 7) is 5.44. The van der Waals surface area contributed by atoms with E-state index in [-0.39, 0.29) is 183 Å². The van der Waals surface area contributed by atoms with Gasteiger partial charge in [0, 0.05) is 46.5 Å². The topological polar surface area (TPSA) is 223 Å². The van der Waals surface area contributed by atoms with E-state index < -0.39 is 70.7 Å². The molecule has 6 aromatic carbocycles. The van der Waals surface area contributed by atoms with Crippen molar-refractivity contribution in [3.63, 3.8) is 0 Å². The average molecular weight is 1320 g/mol. The van der Waals surface area contributed by atoms with Crippen LogP contribution in [0.2, 0.25) is 15.1 Å². The number of carbonyl (C=O) groups excluding carboxylic acids is 3. The van der Waals surface area contributed by atoms with Crippen LogP contribution >= 0.6 is 34.8 Å². The van der Waals surface area contributed by atoms with Gasteiger partial charge in [-0.15, -0.1) is 0 Å². The summed E-state index contributed by atoms with van der Waals surface area (Å²) in [5.74, 6) is -5.78. The Kier molecular flexibility index (Phi) is 31.1. The standard InChI is InChI=1S/C19H13ClF4N2O2.C19H14ClF3N2O2.C17H14ClFN2O.C2H3N.CH2O3.CH4.2K.H/c1-10(25-18(28)19(22,23)24)16-15(21)12-8-5-9-13(20)14(12)17(27)26(16)11-6-3-2-4-7-11;1-11(24-18(27)19(21,22)23)15-10-12-6-5-9-14(20)16(12)17(26)25(15)13-7-3-2-4-8-13;1-10(20)16-15(19)12-8-5-9-13(18)14(12)17(22)21(16)11-6-3-2-4-7-11;1-2-3;2-1-4-3;;;;/h2-10H,1H3,(H,25,28);2-11H,1H3,(H,24,27);2-10H,20H2,1H3;1H3;1,3H;1H4;;;/q;;;;;;2*+1;-1/p-1/t10-;11-;10-;;;;;;/m000....../s1. The van der Waals surface area contributed by atoms with E-state index in [1.54, 1.807) is 134 Å². The first-order chi connectivity index (χ1) is 39.7. The number of hydrogen-bond donors (Lipinski definition) is 3. The number of nitrogens with zero attached hydrogens (tertiary/aromatic N) is 4. The van der Waals surface area contributed by atoms with Gasteiger partial charge in [-0.05, 0) is 86.8 Å². The van der Waals surface area contributed by atoms with E-state index in [0.29, 0.717) is 16.8 Å². The normalized spacial score (nSPS) is 11.6. The Morgan fingerprint density at radius 3 is 1.29 bits per heavy atom. The summed E-state index contributed by atoms with van der Waals surface area (Å²) >= 11 is 18.4. The second-order valence-electron chi connectivity index (χ2n) is 17.5. The Labute approximate surface area is 592 Å². The molecule has 3 aromatic heterocycles. The van der Waals surface area contributed by atoms with Gasteiger partial charge < -0.3 is 27.9 Å². The van der Waals surface area contributed by atoms with E-state index in [1.807, 2.05) is 11.4 Å². The second-order valence-corrected chi connectivity index (χ2v) is 18.7. The van der Waals surface area contributed by atoms with Crippen molar-refractivity contribution in [3.8, 4) is 23.1 Å². The largest absolute Gasteiger partial charge is 1.00 e. The summed E-state index contributed by atoms with van der Waals surface area (Å²) in [6, 6.07) is 38.9. The fourth-order valence-corrected chi connectivity index (χ4v) is 9.19. The van der Waals surface area contributed by atoms with Crippen LogP contribution in [-0.2, 0) is 19.3 Å². The molecule has 87 heavy (non-hydrogen) atoms. The minimum atomic E-state index is -5.15. The number of hydrogen-bond acceptors (Lipinski definition) is 10. The Balaban J connectivity index is 0.000000615. The molecule has 3 atom stereocenters. The molecule has 0 bridgehead atoms. The number of para-hydroxylation sites is 3. The van der Waals surface area contributed by atoms with E-state index in [2.05, 4.69) is 4.89 Å². The molecule has 0 unspecified atom stereocenters. The van der Waals surface area contributed by atoms with Crippen molar-refractivity contribution >= 4 is 85.4 Å². The van der Waals surface area contributed by atoms with Gasteiger partial charge in [-0.3, -0.25) is 42.5 Å². The first-order valence-electron chi connectivity index (χ1n) is 24.3. The van der Waals surface area contributed by atoms with E-state index in [9.17, 15) is 54.7 Å². The second kappa shape index (κ2) is 34.9. The van der Waals surface area contributed by atoms with Crippen LogP contribution in [0.3, 0.4) is 0 Å². The van der Waals surface area contributed by atoms with Crippen molar-refractivity contribution in [3.05, 3.63) is 227 Å². The number of carbonyl (C=O) groups is 3. The summed E-state index contributed by atoms with van der Waals surface area (Å²) < 4.78 is 110. The van der Waals surface area contributed by atoms with E-state index in [1.165, 1.54) is 53.3 Å². The number of halogens is 11. The number of pyridine rings is 3. The monoisotopic (exact) mass is 1320 g/mol. The number of amides is 2. The van der Waals surface area contributed by atoms with Gasteiger partial charge in [-0.2, -0.15) is 31.6 Å². The van der Waals surface area contributed by atoms with E-state index in [0.717, 1.165) is 11.5 Å². The van der Waals surface area contributed by atoms with Gasteiger partial charge in [-0.25, -0.2) is 8.78 Å². The van der Waals surface area contributed by atoms with Crippen molar-refractivity contribution in [2.24, 2.45) is 5.73 Å². The van der Waals surface area contributed by atoms with Crippen LogP contribution in [0.4, 0.5) is 35.1 Å². The third kappa shape index (κ3) is 18.9. The van der Waals surface area contributed by atoms with Crippen LogP contribution in [0.5, 0.6) is 0 Å². The third-order valence-corrected chi connectivity index (χ3v) is 12.8. The first kappa shape index (κ1) is 77.4. The maximum absolute atomic E-state index is 15.3. The Hall–Kier alpha value is -5.65. The number of nitriles is 1. The average Bonchev–Trinajstić information content (AvgIpc) is 0.869. The molecule has 9 aromatic rings. The van der Waals surface area contributed by atoms with Gasteiger partial charge in [0.25, 0.3) is 23.2 Å². The van der Waals surface area contributed by atoms with Gasteiger partial charge in [0.15, 0.2) is 11.6 Å². The SMILES string of the molecule is C.CC#N.C[C@H](N)c1c(F)c2cccc(Cl)c2c(=O)n1-c1ccccc1.C[C@H](NC(=O)C(F)(F)F)c1c(F)c2cccc(Cl)c2c(=O)n1-c1ccccc1.C[C@H](NC(=O)C(F)(F)F)c1cc2cccc(Cl)c2c(=O)n1-c1ccccc1.O=CO[O-].[H-].[K+].[K+]. The fraction of sp³-hybridized carbons (Fsp3) is 0.169. The van der Waals surface area contributed by atoms with Gasteiger partial charge in [0.1, 0.15) is 0 Å². The molecular weight excluding hydrogens is 1270 g/mol. The minimum Gasteiger partial charge on any atom is -1.00 e. The van der Waals surface area contributed by atoms with Crippen molar-refractivity contribution in [1.29, 1.82) is 5.26 Å². The molecule has 0 saturated carbocycles. The van der Waals surface area contributed by atoms with Gasteiger partial charge >= 0.3 is 127 Å². The zero-order valence-corrected chi connectivity index (χ0v) is 54.5. The molecule has 0 aliphatic carbocycles. The molecule has 0 fully saturated rings. The summed E-state index contributed by atoms with van der Waals surface area (Å²) in [6.07, 6.45) is -10.2. The zero-order chi connectivity index (χ0) is 62.4. The number of nitrogens with two attached hydrogens (primary N) is 1. The van der Waals surface area contributed by atoms with Crippen LogP contribution in [-0.4, -0.2) is 44.3 Å². The number of aromatic nitrogens is 3. The Morgan fingerprint density at radius 2 is 0.920 bits per heavy atom. The Bertz CT molecular complexity index is 4090. The fourth-order valence-electron chi connectivity index (χ4n) is 8.42. The van der Waals surface area contributed by atoms with Crippen LogP contribution in [0, 0.1) is 23.0 Å². The molecule has 15 nitrogen and oxygen atoms in total. The Morgan fingerprint density at radius 1 is 0.598 bits per heavy atom. The molecule has 28 heteroatoms. The molecule has 448 valence electrons. The molecule has 0 saturated heterocycles. The molecule has 0 radical (unpaired) electrons. The van der Waals surface area contributed by atoms with Gasteiger partial charge in [-0.1, -0.05) is 133 Å². The summed E-state index contributed by atoms with van der Waals surface area (Å²) in [5, 5.41) is 20.6. The number of alkyl halides is 6. The van der Waals surface area contributed by atoms with Gasteiger partial charge in [0.05, 0.1) is 60.8 Å². The van der Waals surface area contributed by atoms with Crippen molar-refractivity contribution in [1.82, 2.24) is 24.3 Å². The molecule has 9 rings (SSSR count). The quantitative estimate of drug-likeness (QED) is 0.0472. The summed E-state index contributed by atoms with van der Waals surface area (Å²) in [5.41, 5.74) is 5.52. The van der Waals surface area contributed by atoms with Crippen LogP contribution < -0.4 is 141 Å². The van der Waals surface area contributed by atoms with E-state index in [4.69, 9.17) is 55.9 Å². The molecular formula is C59H50Cl3F8K2N7O8. The molecule has 2 amide bonds. The van der Waals surface area contributed by atoms with Gasteiger partial charge in [0.2, 0.25) is 0 Å². The molecule has 0 aliphatic rings. The van der Waals surface area contributed by atoms with Crippen molar-refractivity contribution < 1.29 is 164 Å². The first-order valence-corrected chi connectivity index (χ1v) is 25.4. The number of benzene rings is 6. The number of nitrogens with one attached hydrogen (secondary N) is 2. The van der Waals surface area contributed by atoms with Crippen molar-refractivity contribution in [2.45, 2.75) is 65.6 Å². The predicted molar refractivity (Wildman–Crippen MR) is 308 cm³/mol. The van der Waals surface area contributed by atoms with Crippen LogP contribution in [0.15, 0.2) is 166 Å². The maximum atomic E-state index is 15.3. The molecule has 0 aliphatic heterocycles. The summed E-state index contributed by atoms with van der Waals surface area (Å²) in [4.78, 5) is 73.0. The molecule has 4 N–H and O–H groups in total. The number of rotatable bonds is 9. The summed E-state index contributed by atoms with van der Waals surface area (Å²) in [7, 11) is 0. The van der Waals surface area contributed by atoms with Crippen LogP contribution in [0.1, 0.15) is 71.8 Å². The molecule has 0 spiro atoms. The predicted octanol–water partition coefficient (Wildman–Crippen LogP) is 6.43. The zero-order valence-electron chi connectivity index (χ0n) is 47.0. The van der Waals surface area contributed by atoms with Crippen LogP contribution in [0.25, 0.3) is 49.4 Å². The third-order valence-electron chi connectivity index (χ3n) is 11.9. The number of fused-ring (bicyclic) bond motifs is 3. The van der Waals surface area contributed by atoms with E-state index >= 15 is 4.39 Å².